The standard InChI is InChI=1S/C20H25NO8S/c1-5-27-17(22)15-12-20(18(23)28-6-2,19(24)29-7-3)21(13-15)30(25,26)16-10-8-14(4)9-11-16/h8-11,13H,5-7,12H2,1-4H3. The maximum atomic E-state index is 13.4. The van der Waals surface area contributed by atoms with Gasteiger partial charge < -0.3 is 14.2 Å². The third-order valence-corrected chi connectivity index (χ3v) is 6.24. The molecule has 0 amide bonds. The van der Waals surface area contributed by atoms with Gasteiger partial charge in [-0.3, -0.25) is 0 Å². The first-order valence-electron chi connectivity index (χ1n) is 9.48. The number of sulfonamides is 1. The Hall–Kier alpha value is -2.88. The summed E-state index contributed by atoms with van der Waals surface area (Å²) in [6.07, 6.45) is 0.385. The number of rotatable bonds is 8. The van der Waals surface area contributed by atoms with Crippen LogP contribution in [0.15, 0.2) is 40.9 Å². The van der Waals surface area contributed by atoms with E-state index in [-0.39, 0.29) is 30.3 Å². The van der Waals surface area contributed by atoms with Gasteiger partial charge in [0.25, 0.3) is 15.6 Å². The van der Waals surface area contributed by atoms with Gasteiger partial charge in [0.15, 0.2) is 0 Å². The van der Waals surface area contributed by atoms with Gasteiger partial charge in [0.05, 0.1) is 30.3 Å². The highest BCUT2D eigenvalue weighted by Crippen LogP contribution is 2.39. The van der Waals surface area contributed by atoms with Gasteiger partial charge in [0.1, 0.15) is 0 Å². The van der Waals surface area contributed by atoms with Crippen LogP contribution in [0, 0.1) is 6.92 Å². The SMILES string of the molecule is CCOC(=O)C1=CN(S(=O)(=O)c2ccc(C)cc2)C(C(=O)OCC)(C(=O)OCC)C1. The summed E-state index contributed by atoms with van der Waals surface area (Å²) in [7, 11) is -4.42. The number of esters is 3. The Balaban J connectivity index is 2.71. The van der Waals surface area contributed by atoms with Gasteiger partial charge in [0, 0.05) is 12.6 Å². The lowest BCUT2D eigenvalue weighted by molar-refractivity contribution is -0.168. The van der Waals surface area contributed by atoms with Gasteiger partial charge >= 0.3 is 17.9 Å². The highest BCUT2D eigenvalue weighted by Gasteiger charge is 2.61. The fourth-order valence-electron chi connectivity index (χ4n) is 3.01. The van der Waals surface area contributed by atoms with E-state index in [0.717, 1.165) is 11.8 Å². The van der Waals surface area contributed by atoms with Crippen LogP contribution in [0.5, 0.6) is 0 Å². The first kappa shape index (κ1) is 23.4. The maximum absolute atomic E-state index is 13.4. The summed E-state index contributed by atoms with van der Waals surface area (Å²) < 4.78 is 42.4. The number of ether oxygens (including phenoxy) is 3. The Morgan fingerprint density at radius 2 is 1.43 bits per heavy atom. The highest BCUT2D eigenvalue weighted by atomic mass is 32.2. The van der Waals surface area contributed by atoms with E-state index in [2.05, 4.69) is 0 Å². The summed E-state index contributed by atoms with van der Waals surface area (Å²) in [6.45, 7) is 6.23. The summed E-state index contributed by atoms with van der Waals surface area (Å²) in [5.74, 6) is -3.10. The molecule has 9 nitrogen and oxygen atoms in total. The van der Waals surface area contributed by atoms with E-state index in [1.54, 1.807) is 26.0 Å². The van der Waals surface area contributed by atoms with Gasteiger partial charge in [-0.2, -0.15) is 0 Å². The van der Waals surface area contributed by atoms with E-state index in [4.69, 9.17) is 14.2 Å². The molecule has 30 heavy (non-hydrogen) atoms. The second kappa shape index (κ2) is 9.29. The molecular formula is C20H25NO8S. The normalized spacial score (nSPS) is 15.3. The van der Waals surface area contributed by atoms with Gasteiger partial charge in [-0.15, -0.1) is 0 Å². The van der Waals surface area contributed by atoms with Crippen molar-refractivity contribution < 1.29 is 37.0 Å². The van der Waals surface area contributed by atoms with Crippen LogP contribution in [0.3, 0.4) is 0 Å². The fourth-order valence-corrected chi connectivity index (χ4v) is 4.60. The van der Waals surface area contributed by atoms with Gasteiger partial charge in [-0.1, -0.05) is 17.7 Å². The Bertz CT molecular complexity index is 932. The van der Waals surface area contributed by atoms with Crippen molar-refractivity contribution in [2.75, 3.05) is 19.8 Å². The van der Waals surface area contributed by atoms with Gasteiger partial charge in [0.2, 0.25) is 0 Å². The molecule has 0 radical (unpaired) electrons. The lowest BCUT2D eigenvalue weighted by atomic mass is 9.94. The van der Waals surface area contributed by atoms with Crippen LogP contribution in [0.25, 0.3) is 0 Å². The van der Waals surface area contributed by atoms with E-state index in [1.807, 2.05) is 0 Å². The molecule has 0 bridgehead atoms. The average Bonchev–Trinajstić information content (AvgIpc) is 3.12. The molecule has 0 atom stereocenters. The molecule has 0 saturated heterocycles. The van der Waals surface area contributed by atoms with Crippen molar-refractivity contribution in [1.82, 2.24) is 4.31 Å². The van der Waals surface area contributed by atoms with Crippen LogP contribution in [-0.4, -0.2) is 56.0 Å². The van der Waals surface area contributed by atoms with Crippen LogP contribution in [0.4, 0.5) is 0 Å². The van der Waals surface area contributed by atoms with E-state index in [1.165, 1.54) is 26.0 Å². The quantitative estimate of drug-likeness (QED) is 0.341. The molecule has 1 aliphatic heterocycles. The minimum atomic E-state index is -4.42. The first-order valence-corrected chi connectivity index (χ1v) is 10.9. The second-order valence-corrected chi connectivity index (χ2v) is 8.28. The third kappa shape index (κ3) is 4.18. The number of benzene rings is 1. The zero-order valence-electron chi connectivity index (χ0n) is 17.3. The molecule has 1 aromatic rings. The minimum absolute atomic E-state index is 0.0344. The molecule has 1 aromatic carbocycles. The number of carbonyl (C=O) groups excluding carboxylic acids is 3. The van der Waals surface area contributed by atoms with Crippen LogP contribution < -0.4 is 0 Å². The Kier molecular flexibility index (Phi) is 7.25. The predicted octanol–water partition coefficient (Wildman–Crippen LogP) is 1.70. The summed E-state index contributed by atoms with van der Waals surface area (Å²) in [4.78, 5) is 38.0. The lowest BCUT2D eigenvalue weighted by Crippen LogP contribution is -2.59. The molecule has 2 rings (SSSR count). The van der Waals surface area contributed by atoms with E-state index >= 15 is 0 Å². The summed E-state index contributed by atoms with van der Waals surface area (Å²) in [5.41, 5.74) is -1.74. The number of hydrogen-bond acceptors (Lipinski definition) is 8. The zero-order valence-corrected chi connectivity index (χ0v) is 18.2. The monoisotopic (exact) mass is 439 g/mol. The number of aryl methyl sites for hydroxylation is 1. The largest absolute Gasteiger partial charge is 0.464 e. The predicted molar refractivity (Wildman–Crippen MR) is 106 cm³/mol. The fraction of sp³-hybridized carbons (Fsp3) is 0.450. The molecule has 164 valence electrons. The van der Waals surface area contributed by atoms with Crippen molar-refractivity contribution in [2.24, 2.45) is 0 Å². The number of nitrogens with zero attached hydrogens (tertiary/aromatic N) is 1. The van der Waals surface area contributed by atoms with E-state index < -0.39 is 39.9 Å². The third-order valence-electron chi connectivity index (χ3n) is 4.44. The molecule has 1 heterocycles. The first-order chi connectivity index (χ1) is 14.1. The molecule has 0 aliphatic carbocycles. The molecule has 10 heteroatoms. The minimum Gasteiger partial charge on any atom is -0.464 e. The molecule has 0 saturated carbocycles. The smallest absolute Gasteiger partial charge is 0.345 e. The second-order valence-electron chi connectivity index (χ2n) is 6.47. The van der Waals surface area contributed by atoms with E-state index in [0.29, 0.717) is 4.31 Å². The Morgan fingerprint density at radius 1 is 0.933 bits per heavy atom. The van der Waals surface area contributed by atoms with Gasteiger partial charge in [-0.05, 0) is 39.8 Å². The van der Waals surface area contributed by atoms with Crippen molar-refractivity contribution in [3.05, 3.63) is 41.6 Å². The number of carbonyl (C=O) groups is 3. The Labute approximate surface area is 175 Å². The molecule has 0 N–H and O–H groups in total. The van der Waals surface area contributed by atoms with Crippen molar-refractivity contribution in [1.29, 1.82) is 0 Å². The number of hydrogen-bond donors (Lipinski definition) is 0. The van der Waals surface area contributed by atoms with Crippen LogP contribution in [0.2, 0.25) is 0 Å². The molecule has 0 aromatic heterocycles. The van der Waals surface area contributed by atoms with Crippen LogP contribution >= 0.6 is 0 Å². The van der Waals surface area contributed by atoms with Crippen molar-refractivity contribution in [2.45, 2.75) is 44.6 Å². The van der Waals surface area contributed by atoms with Crippen molar-refractivity contribution in [3.8, 4) is 0 Å². The van der Waals surface area contributed by atoms with Crippen molar-refractivity contribution >= 4 is 27.9 Å². The molecule has 1 aliphatic rings. The lowest BCUT2D eigenvalue weighted by Gasteiger charge is -2.33. The van der Waals surface area contributed by atoms with E-state index in [9.17, 15) is 22.8 Å². The van der Waals surface area contributed by atoms with Crippen LogP contribution in [-0.2, 0) is 38.6 Å². The summed E-state index contributed by atoms with van der Waals surface area (Å²) >= 11 is 0. The topological polar surface area (TPSA) is 116 Å². The van der Waals surface area contributed by atoms with Crippen LogP contribution in [0.1, 0.15) is 32.8 Å². The van der Waals surface area contributed by atoms with Gasteiger partial charge in [-0.25, -0.2) is 27.1 Å². The molecule has 0 unspecified atom stereocenters. The Morgan fingerprint density at radius 3 is 1.90 bits per heavy atom. The molecule has 0 fully saturated rings. The molecule has 0 spiro atoms. The zero-order chi connectivity index (χ0) is 22.5. The highest BCUT2D eigenvalue weighted by molar-refractivity contribution is 7.89. The molecular weight excluding hydrogens is 414 g/mol. The summed E-state index contributed by atoms with van der Waals surface area (Å²) in [5, 5.41) is 0. The van der Waals surface area contributed by atoms with Crippen molar-refractivity contribution in [3.63, 3.8) is 0 Å². The summed E-state index contributed by atoms with van der Waals surface area (Å²) in [6, 6.07) is 5.86. The average molecular weight is 439 g/mol. The maximum Gasteiger partial charge on any atom is 0.345 e.